The van der Waals surface area contributed by atoms with Gasteiger partial charge >= 0.3 is 0 Å². The molecule has 3 aromatic rings. The highest BCUT2D eigenvalue weighted by molar-refractivity contribution is 5.83. The summed E-state index contributed by atoms with van der Waals surface area (Å²) in [4.78, 5) is 21.9. The van der Waals surface area contributed by atoms with Crippen LogP contribution in [0.4, 0.5) is 0 Å². The van der Waals surface area contributed by atoms with Crippen molar-refractivity contribution in [2.24, 2.45) is 13.0 Å². The minimum Gasteiger partial charge on any atom is -0.340 e. The smallest absolute Gasteiger partial charge is 0.244 e. The molecule has 31 heavy (non-hydrogen) atoms. The van der Waals surface area contributed by atoms with Gasteiger partial charge in [-0.15, -0.1) is 0 Å². The number of carbonyl (C=O) groups excluding carboxylic acids is 1. The zero-order chi connectivity index (χ0) is 21.5. The molecule has 0 spiro atoms. The van der Waals surface area contributed by atoms with E-state index in [1.807, 2.05) is 48.6 Å². The van der Waals surface area contributed by atoms with Crippen LogP contribution >= 0.6 is 0 Å². The van der Waals surface area contributed by atoms with Gasteiger partial charge in [0.2, 0.25) is 17.6 Å². The molecular formula is C23H28N6O2. The molecule has 5 rings (SSSR count). The summed E-state index contributed by atoms with van der Waals surface area (Å²) in [6, 6.07) is 8.13. The molecule has 0 radical (unpaired) electrons. The number of benzene rings is 1. The van der Waals surface area contributed by atoms with Gasteiger partial charge in [0, 0.05) is 50.9 Å². The molecule has 8 heteroatoms. The number of hydrogen-bond donors (Lipinski definition) is 0. The van der Waals surface area contributed by atoms with Crippen LogP contribution in [-0.4, -0.2) is 61.8 Å². The van der Waals surface area contributed by atoms with E-state index >= 15 is 0 Å². The van der Waals surface area contributed by atoms with Crippen LogP contribution < -0.4 is 0 Å². The Labute approximate surface area is 181 Å². The van der Waals surface area contributed by atoms with Crippen LogP contribution in [-0.2, 0) is 11.8 Å². The number of aryl methyl sites for hydroxylation is 2. The number of nitrogens with zero attached hydrogens (tertiary/aromatic N) is 6. The van der Waals surface area contributed by atoms with Crippen molar-refractivity contribution < 1.29 is 9.32 Å². The van der Waals surface area contributed by atoms with Gasteiger partial charge in [0.1, 0.15) is 0 Å². The van der Waals surface area contributed by atoms with E-state index in [0.29, 0.717) is 17.6 Å². The zero-order valence-corrected chi connectivity index (χ0v) is 18.2. The van der Waals surface area contributed by atoms with Gasteiger partial charge in [0.25, 0.3) is 0 Å². The third kappa shape index (κ3) is 3.99. The number of rotatable bonds is 5. The summed E-state index contributed by atoms with van der Waals surface area (Å²) >= 11 is 0. The van der Waals surface area contributed by atoms with Crippen LogP contribution in [0.15, 0.2) is 41.2 Å². The van der Waals surface area contributed by atoms with Gasteiger partial charge in [-0.2, -0.15) is 10.1 Å². The van der Waals surface area contributed by atoms with Gasteiger partial charge in [-0.25, -0.2) is 0 Å². The monoisotopic (exact) mass is 420 g/mol. The van der Waals surface area contributed by atoms with E-state index in [-0.39, 0.29) is 17.9 Å². The molecule has 1 aliphatic heterocycles. The van der Waals surface area contributed by atoms with E-state index in [0.717, 1.165) is 38.2 Å². The van der Waals surface area contributed by atoms with Gasteiger partial charge in [0.05, 0.1) is 12.2 Å². The summed E-state index contributed by atoms with van der Waals surface area (Å²) in [7, 11) is 1.91. The van der Waals surface area contributed by atoms with E-state index in [9.17, 15) is 4.79 Å². The van der Waals surface area contributed by atoms with E-state index in [1.54, 1.807) is 4.68 Å². The Morgan fingerprint density at radius 1 is 1.16 bits per heavy atom. The van der Waals surface area contributed by atoms with Crippen molar-refractivity contribution in [3.63, 3.8) is 0 Å². The standard InChI is InChI=1S/C23H28N6O2/c1-15-4-6-17(7-5-15)21-25-22(31-26-21)16(2)28-8-10-29(11-9-28)23(30)20-12-19(20)18-13-24-27(3)14-18/h4-7,13-14,16,19-20H,8-12H2,1-3H3/t16-,19+,20+/m0/s1. The maximum absolute atomic E-state index is 12.9. The Hall–Kier alpha value is -3.00. The van der Waals surface area contributed by atoms with Crippen LogP contribution in [0.1, 0.15) is 42.3 Å². The molecule has 2 aromatic heterocycles. The summed E-state index contributed by atoms with van der Waals surface area (Å²) in [5.74, 6) is 1.96. The van der Waals surface area contributed by atoms with Crippen molar-refractivity contribution in [1.82, 2.24) is 29.7 Å². The molecule has 162 valence electrons. The van der Waals surface area contributed by atoms with Gasteiger partial charge in [-0.1, -0.05) is 35.0 Å². The maximum Gasteiger partial charge on any atom is 0.244 e. The van der Waals surface area contributed by atoms with Gasteiger partial charge in [-0.3, -0.25) is 14.4 Å². The minimum atomic E-state index is 0.0213. The lowest BCUT2D eigenvalue weighted by molar-refractivity contribution is -0.134. The van der Waals surface area contributed by atoms with E-state index < -0.39 is 0 Å². The van der Waals surface area contributed by atoms with Crippen LogP contribution in [0.25, 0.3) is 11.4 Å². The zero-order valence-electron chi connectivity index (χ0n) is 18.2. The highest BCUT2D eigenvalue weighted by Crippen LogP contribution is 2.48. The summed E-state index contributed by atoms with van der Waals surface area (Å²) in [5.41, 5.74) is 3.33. The van der Waals surface area contributed by atoms with Gasteiger partial charge in [0.15, 0.2) is 0 Å². The highest BCUT2D eigenvalue weighted by Gasteiger charge is 2.46. The van der Waals surface area contributed by atoms with Crippen LogP contribution in [0.2, 0.25) is 0 Å². The van der Waals surface area contributed by atoms with E-state index in [2.05, 4.69) is 34.0 Å². The Bertz CT molecular complexity index is 1060. The average molecular weight is 421 g/mol. The quantitative estimate of drug-likeness (QED) is 0.631. The molecule has 2 aliphatic rings. The lowest BCUT2D eigenvalue weighted by Gasteiger charge is -2.37. The lowest BCUT2D eigenvalue weighted by atomic mass is 10.1. The normalized spacial score (nSPS) is 22.5. The molecule has 0 N–H and O–H groups in total. The largest absolute Gasteiger partial charge is 0.340 e. The van der Waals surface area contributed by atoms with Crippen molar-refractivity contribution in [2.75, 3.05) is 26.2 Å². The first-order valence-electron chi connectivity index (χ1n) is 10.9. The molecule has 1 aromatic carbocycles. The average Bonchev–Trinajstić information content (AvgIpc) is 3.21. The molecule has 3 atom stereocenters. The number of aromatic nitrogens is 4. The second-order valence-electron chi connectivity index (χ2n) is 8.76. The van der Waals surface area contributed by atoms with Crippen molar-refractivity contribution >= 4 is 5.91 Å². The molecule has 8 nitrogen and oxygen atoms in total. The predicted molar refractivity (Wildman–Crippen MR) is 115 cm³/mol. The first-order valence-corrected chi connectivity index (χ1v) is 10.9. The van der Waals surface area contributed by atoms with Crippen LogP contribution in [0.3, 0.4) is 0 Å². The number of amides is 1. The second-order valence-corrected chi connectivity index (χ2v) is 8.76. The topological polar surface area (TPSA) is 80.3 Å². The molecule has 3 heterocycles. The van der Waals surface area contributed by atoms with Crippen molar-refractivity contribution in [3.05, 3.63) is 53.7 Å². The van der Waals surface area contributed by atoms with Gasteiger partial charge < -0.3 is 9.42 Å². The summed E-state index contributed by atoms with van der Waals surface area (Å²) in [6.45, 7) is 7.22. The Morgan fingerprint density at radius 2 is 1.90 bits per heavy atom. The minimum absolute atomic E-state index is 0.0213. The maximum atomic E-state index is 12.9. The SMILES string of the molecule is Cc1ccc(-c2noc([C@H](C)N3CCN(C(=O)[C@@H]4C[C@@H]4c4cnn(C)c4)CC3)n2)cc1. The highest BCUT2D eigenvalue weighted by atomic mass is 16.5. The van der Waals surface area contributed by atoms with Gasteiger partial charge in [-0.05, 0) is 31.7 Å². The molecule has 1 aliphatic carbocycles. The first kappa shape index (κ1) is 19.9. The molecule has 2 fully saturated rings. The Balaban J connectivity index is 1.16. The molecular weight excluding hydrogens is 392 g/mol. The molecule has 1 saturated heterocycles. The van der Waals surface area contributed by atoms with Crippen LogP contribution in [0, 0.1) is 12.8 Å². The fourth-order valence-electron chi connectivity index (χ4n) is 4.41. The lowest BCUT2D eigenvalue weighted by Crippen LogP contribution is -2.49. The second kappa shape index (κ2) is 7.92. The Morgan fingerprint density at radius 3 is 2.58 bits per heavy atom. The van der Waals surface area contributed by atoms with Crippen LogP contribution in [0.5, 0.6) is 0 Å². The molecule has 0 unspecified atom stereocenters. The number of hydrogen-bond acceptors (Lipinski definition) is 6. The summed E-state index contributed by atoms with van der Waals surface area (Å²) < 4.78 is 7.36. The van der Waals surface area contributed by atoms with E-state index in [4.69, 9.17) is 4.52 Å². The third-order valence-corrected chi connectivity index (χ3v) is 6.54. The summed E-state index contributed by atoms with van der Waals surface area (Å²) in [5, 5.41) is 8.39. The molecule has 0 bridgehead atoms. The fourth-order valence-corrected chi connectivity index (χ4v) is 4.41. The van der Waals surface area contributed by atoms with Crippen molar-refractivity contribution in [2.45, 2.75) is 32.2 Å². The fraction of sp³-hybridized carbons (Fsp3) is 0.478. The first-order chi connectivity index (χ1) is 15.0. The number of carbonyl (C=O) groups is 1. The van der Waals surface area contributed by atoms with Crippen molar-refractivity contribution in [1.29, 1.82) is 0 Å². The Kier molecular flexibility index (Phi) is 5.09. The van der Waals surface area contributed by atoms with Crippen molar-refractivity contribution in [3.8, 4) is 11.4 Å². The molecule has 1 amide bonds. The predicted octanol–water partition coefficient (Wildman–Crippen LogP) is 2.79. The van der Waals surface area contributed by atoms with E-state index in [1.165, 1.54) is 11.1 Å². The third-order valence-electron chi connectivity index (χ3n) is 6.54. The number of piperazine rings is 1. The molecule has 1 saturated carbocycles. The summed E-state index contributed by atoms with van der Waals surface area (Å²) in [6.07, 6.45) is 4.84.